The van der Waals surface area contributed by atoms with Crippen LogP contribution in [0.25, 0.3) is 0 Å². The maximum Gasteiger partial charge on any atom is 0.251 e. The van der Waals surface area contributed by atoms with Gasteiger partial charge >= 0.3 is 0 Å². The summed E-state index contributed by atoms with van der Waals surface area (Å²) < 4.78 is 41.4. The van der Waals surface area contributed by atoms with Crippen molar-refractivity contribution in [2.24, 2.45) is 0 Å². The third kappa shape index (κ3) is 5.23. The van der Waals surface area contributed by atoms with Gasteiger partial charge in [0.25, 0.3) is 5.56 Å². The lowest BCUT2D eigenvalue weighted by atomic mass is 10.2. The minimum absolute atomic E-state index is 0.0168. The summed E-state index contributed by atoms with van der Waals surface area (Å²) in [4.78, 5) is 24.4. The fourth-order valence-corrected chi connectivity index (χ4v) is 4.90. The van der Waals surface area contributed by atoms with Gasteiger partial charge in [-0.25, -0.2) is 12.8 Å². The normalized spacial score (nSPS) is 15.7. The number of sulfonamides is 1. The first-order valence-electron chi connectivity index (χ1n) is 9.23. The summed E-state index contributed by atoms with van der Waals surface area (Å²) in [5.41, 5.74) is -0.320. The molecule has 156 valence electrons. The number of halogens is 2. The van der Waals surface area contributed by atoms with Crippen LogP contribution in [-0.2, 0) is 21.4 Å². The molecule has 1 fully saturated rings. The molecular weight excluding hydrogens is 421 g/mol. The number of aromatic nitrogens is 1. The molecule has 0 spiro atoms. The van der Waals surface area contributed by atoms with Gasteiger partial charge in [0.2, 0.25) is 15.9 Å². The van der Waals surface area contributed by atoms with E-state index in [4.69, 9.17) is 11.6 Å². The molecule has 0 radical (unpaired) electrons. The van der Waals surface area contributed by atoms with E-state index in [0.29, 0.717) is 13.1 Å². The molecule has 7 nitrogen and oxygen atoms in total. The molecule has 29 heavy (non-hydrogen) atoms. The van der Waals surface area contributed by atoms with Gasteiger partial charge in [-0.1, -0.05) is 24.4 Å². The molecular formula is C19H21ClFN3O4S. The lowest BCUT2D eigenvalue weighted by molar-refractivity contribution is -0.116. The Kier molecular flexibility index (Phi) is 6.71. The van der Waals surface area contributed by atoms with Gasteiger partial charge < -0.3 is 9.88 Å². The largest absolute Gasteiger partial charge is 0.323 e. The second kappa shape index (κ2) is 9.06. The summed E-state index contributed by atoms with van der Waals surface area (Å²) in [6.07, 6.45) is 4.73. The van der Waals surface area contributed by atoms with Crippen LogP contribution in [0, 0.1) is 5.82 Å². The van der Waals surface area contributed by atoms with Crippen molar-refractivity contribution in [3.8, 4) is 0 Å². The lowest BCUT2D eigenvalue weighted by Gasteiger charge is -2.20. The van der Waals surface area contributed by atoms with Crippen LogP contribution in [0.1, 0.15) is 25.7 Å². The SMILES string of the molecule is O=C(Cn1cc(S(=O)(=O)N2CCCCCC2)ccc1=O)Nc1ccc(F)cc1Cl. The molecule has 0 aliphatic carbocycles. The molecule has 1 aromatic heterocycles. The average molecular weight is 442 g/mol. The number of hydrogen-bond donors (Lipinski definition) is 1. The van der Waals surface area contributed by atoms with Crippen molar-refractivity contribution in [2.75, 3.05) is 18.4 Å². The predicted octanol–water partition coefficient (Wildman–Crippen LogP) is 2.84. The van der Waals surface area contributed by atoms with Crippen LogP contribution in [0.15, 0.2) is 46.2 Å². The molecule has 1 aliphatic heterocycles. The van der Waals surface area contributed by atoms with E-state index in [1.165, 1.54) is 22.6 Å². The summed E-state index contributed by atoms with van der Waals surface area (Å²) in [6, 6.07) is 5.88. The second-order valence-corrected chi connectivity index (χ2v) is 9.17. The highest BCUT2D eigenvalue weighted by Gasteiger charge is 2.26. The van der Waals surface area contributed by atoms with Gasteiger partial charge in [-0.2, -0.15) is 4.31 Å². The smallest absolute Gasteiger partial charge is 0.251 e. The van der Waals surface area contributed by atoms with Crippen LogP contribution >= 0.6 is 11.6 Å². The van der Waals surface area contributed by atoms with Gasteiger partial charge in [0.1, 0.15) is 12.4 Å². The monoisotopic (exact) mass is 441 g/mol. The number of rotatable bonds is 5. The maximum atomic E-state index is 13.1. The van der Waals surface area contributed by atoms with E-state index in [2.05, 4.69) is 5.32 Å². The molecule has 1 N–H and O–H groups in total. The highest BCUT2D eigenvalue weighted by Crippen LogP contribution is 2.22. The lowest BCUT2D eigenvalue weighted by Crippen LogP contribution is -2.33. The molecule has 2 aromatic rings. The summed E-state index contributed by atoms with van der Waals surface area (Å²) in [7, 11) is -3.75. The topological polar surface area (TPSA) is 88.5 Å². The zero-order chi connectivity index (χ0) is 21.0. The van der Waals surface area contributed by atoms with E-state index >= 15 is 0 Å². The number of pyridine rings is 1. The molecule has 3 rings (SSSR count). The first-order chi connectivity index (χ1) is 13.8. The van der Waals surface area contributed by atoms with Gasteiger partial charge in [0.05, 0.1) is 15.6 Å². The Morgan fingerprint density at radius 2 is 1.79 bits per heavy atom. The van der Waals surface area contributed by atoms with Crippen molar-refractivity contribution < 1.29 is 17.6 Å². The Morgan fingerprint density at radius 3 is 2.45 bits per heavy atom. The number of carbonyl (C=O) groups is 1. The summed E-state index contributed by atoms with van der Waals surface area (Å²) in [5.74, 6) is -1.14. The van der Waals surface area contributed by atoms with Crippen molar-refractivity contribution in [2.45, 2.75) is 37.1 Å². The molecule has 1 aliphatic rings. The van der Waals surface area contributed by atoms with Gasteiger partial charge in [0.15, 0.2) is 0 Å². The van der Waals surface area contributed by atoms with E-state index in [9.17, 15) is 22.4 Å². The van der Waals surface area contributed by atoms with Crippen molar-refractivity contribution in [1.82, 2.24) is 8.87 Å². The Morgan fingerprint density at radius 1 is 1.10 bits per heavy atom. The van der Waals surface area contributed by atoms with E-state index in [-0.39, 0.29) is 15.6 Å². The second-order valence-electron chi connectivity index (χ2n) is 6.82. The summed E-state index contributed by atoms with van der Waals surface area (Å²) >= 11 is 5.88. The van der Waals surface area contributed by atoms with Crippen LogP contribution in [0.2, 0.25) is 5.02 Å². The van der Waals surface area contributed by atoms with Crippen molar-refractivity contribution in [3.05, 3.63) is 57.7 Å². The van der Waals surface area contributed by atoms with Crippen LogP contribution in [0.5, 0.6) is 0 Å². The van der Waals surface area contributed by atoms with E-state index < -0.39 is 33.9 Å². The molecule has 10 heteroatoms. The third-order valence-corrected chi connectivity index (χ3v) is 6.87. The number of benzene rings is 1. The van der Waals surface area contributed by atoms with Crippen molar-refractivity contribution in [3.63, 3.8) is 0 Å². The maximum absolute atomic E-state index is 13.1. The van der Waals surface area contributed by atoms with Crippen molar-refractivity contribution in [1.29, 1.82) is 0 Å². The standard InChI is InChI=1S/C19H21ClFN3O4S/c20-16-11-14(21)5-7-17(16)22-18(25)13-23-12-15(6-8-19(23)26)29(27,28)24-9-3-1-2-4-10-24/h5-8,11-12H,1-4,9-10,13H2,(H,22,25). The van der Waals surface area contributed by atoms with Crippen LogP contribution in [0.4, 0.5) is 10.1 Å². The Bertz CT molecular complexity index is 1060. The molecule has 0 bridgehead atoms. The molecule has 1 aromatic carbocycles. The van der Waals surface area contributed by atoms with Crippen LogP contribution in [-0.4, -0.2) is 36.3 Å². The molecule has 0 atom stereocenters. The summed E-state index contributed by atoms with van der Waals surface area (Å²) in [6.45, 7) is 0.464. The zero-order valence-electron chi connectivity index (χ0n) is 15.6. The number of nitrogens with zero attached hydrogens (tertiary/aromatic N) is 2. The quantitative estimate of drug-likeness (QED) is 0.772. The van der Waals surface area contributed by atoms with Crippen molar-refractivity contribution >= 4 is 33.2 Å². The van der Waals surface area contributed by atoms with Gasteiger partial charge in [-0.3, -0.25) is 9.59 Å². The van der Waals surface area contributed by atoms with E-state index in [1.807, 2.05) is 0 Å². The predicted molar refractivity (Wildman–Crippen MR) is 108 cm³/mol. The number of nitrogens with one attached hydrogen (secondary N) is 1. The minimum atomic E-state index is -3.75. The Balaban J connectivity index is 1.79. The highest BCUT2D eigenvalue weighted by atomic mass is 35.5. The Labute approximate surface area is 173 Å². The van der Waals surface area contributed by atoms with Crippen LogP contribution < -0.4 is 10.9 Å². The van der Waals surface area contributed by atoms with Gasteiger partial charge in [0, 0.05) is 25.4 Å². The Hall–Kier alpha value is -2.23. The number of amides is 1. The fourth-order valence-electron chi connectivity index (χ4n) is 3.15. The molecule has 2 heterocycles. The minimum Gasteiger partial charge on any atom is -0.323 e. The van der Waals surface area contributed by atoms with Crippen LogP contribution in [0.3, 0.4) is 0 Å². The van der Waals surface area contributed by atoms with E-state index in [1.54, 1.807) is 0 Å². The third-order valence-electron chi connectivity index (χ3n) is 4.68. The first kappa shape index (κ1) is 21.5. The van der Waals surface area contributed by atoms with Gasteiger partial charge in [-0.15, -0.1) is 0 Å². The molecule has 0 unspecified atom stereocenters. The molecule has 1 saturated heterocycles. The fraction of sp³-hybridized carbons (Fsp3) is 0.368. The number of hydrogen-bond acceptors (Lipinski definition) is 4. The number of anilines is 1. The summed E-state index contributed by atoms with van der Waals surface area (Å²) in [5, 5.41) is 2.50. The molecule has 1 amide bonds. The average Bonchev–Trinajstić information content (AvgIpc) is 2.96. The first-order valence-corrected chi connectivity index (χ1v) is 11.0. The number of carbonyl (C=O) groups excluding carboxylic acids is 1. The molecule has 0 saturated carbocycles. The highest BCUT2D eigenvalue weighted by molar-refractivity contribution is 7.89. The van der Waals surface area contributed by atoms with Gasteiger partial charge in [-0.05, 0) is 37.1 Å². The van der Waals surface area contributed by atoms with E-state index in [0.717, 1.165) is 48.4 Å². The zero-order valence-corrected chi connectivity index (χ0v) is 17.2.